The van der Waals surface area contributed by atoms with Gasteiger partial charge < -0.3 is 4.98 Å². The minimum atomic E-state index is -0.116. The van der Waals surface area contributed by atoms with E-state index in [4.69, 9.17) is 11.6 Å². The van der Waals surface area contributed by atoms with Crippen LogP contribution in [0.3, 0.4) is 0 Å². The lowest BCUT2D eigenvalue weighted by Crippen LogP contribution is -2.09. The van der Waals surface area contributed by atoms with Crippen molar-refractivity contribution in [1.82, 2.24) is 24.7 Å². The van der Waals surface area contributed by atoms with Gasteiger partial charge in [-0.3, -0.25) is 9.36 Å². The largest absolute Gasteiger partial charge is 0.309 e. The normalized spacial score (nSPS) is 11.2. The molecule has 0 atom stereocenters. The minimum Gasteiger partial charge on any atom is -0.309 e. The van der Waals surface area contributed by atoms with Gasteiger partial charge in [0.05, 0.1) is 11.3 Å². The van der Waals surface area contributed by atoms with E-state index in [0.29, 0.717) is 32.0 Å². The SMILES string of the molecule is O=c1[nH]c(CSc2nnc(-c3ccccc3)n2-c2ccc(Cl)cc2)nc2ccsc12. The van der Waals surface area contributed by atoms with E-state index in [1.165, 1.54) is 23.1 Å². The van der Waals surface area contributed by atoms with Crippen LogP contribution < -0.4 is 5.56 Å². The van der Waals surface area contributed by atoms with Gasteiger partial charge in [-0.2, -0.15) is 0 Å². The molecule has 148 valence electrons. The molecule has 1 N–H and O–H groups in total. The quantitative estimate of drug-likeness (QED) is 0.372. The molecule has 0 saturated carbocycles. The van der Waals surface area contributed by atoms with Crippen LogP contribution in [0, 0.1) is 0 Å². The maximum atomic E-state index is 12.2. The molecule has 3 heterocycles. The predicted octanol–water partition coefficient (Wildman–Crippen LogP) is 5.18. The average Bonchev–Trinajstić information content (AvgIpc) is 3.41. The summed E-state index contributed by atoms with van der Waals surface area (Å²) in [6.45, 7) is 0. The molecule has 2 aromatic carbocycles. The van der Waals surface area contributed by atoms with Gasteiger partial charge in [0, 0.05) is 16.3 Å². The molecule has 0 unspecified atom stereocenters. The molecule has 0 spiro atoms. The maximum absolute atomic E-state index is 12.2. The number of aromatic nitrogens is 5. The van der Waals surface area contributed by atoms with Gasteiger partial charge in [0.15, 0.2) is 11.0 Å². The molecule has 5 rings (SSSR count). The van der Waals surface area contributed by atoms with Crippen LogP contribution in [0.25, 0.3) is 27.3 Å². The number of benzene rings is 2. The summed E-state index contributed by atoms with van der Waals surface area (Å²) in [5.74, 6) is 1.79. The topological polar surface area (TPSA) is 76.5 Å². The Hall–Kier alpha value is -2.94. The molecular weight excluding hydrogens is 438 g/mol. The highest BCUT2D eigenvalue weighted by atomic mass is 35.5. The molecule has 0 radical (unpaired) electrons. The van der Waals surface area contributed by atoms with E-state index in [9.17, 15) is 4.79 Å². The molecule has 0 amide bonds. The molecule has 6 nitrogen and oxygen atoms in total. The van der Waals surface area contributed by atoms with Crippen molar-refractivity contribution in [2.24, 2.45) is 0 Å². The first-order valence-electron chi connectivity index (χ1n) is 9.05. The molecule has 0 bridgehead atoms. The van der Waals surface area contributed by atoms with Gasteiger partial charge in [-0.05, 0) is 35.7 Å². The zero-order valence-electron chi connectivity index (χ0n) is 15.4. The van der Waals surface area contributed by atoms with Gasteiger partial charge in [0.1, 0.15) is 10.5 Å². The molecule has 0 saturated heterocycles. The third kappa shape index (κ3) is 3.65. The number of H-pyrrole nitrogens is 1. The standard InChI is InChI=1S/C21H14ClN5OS2/c22-14-6-8-15(9-7-14)27-19(13-4-2-1-3-5-13)25-26-21(27)30-12-17-23-16-10-11-29-18(16)20(28)24-17/h1-11H,12H2,(H,23,24,28). The van der Waals surface area contributed by atoms with Crippen molar-refractivity contribution in [2.45, 2.75) is 10.9 Å². The van der Waals surface area contributed by atoms with Crippen molar-refractivity contribution < 1.29 is 0 Å². The van der Waals surface area contributed by atoms with Crippen LogP contribution in [0.2, 0.25) is 5.02 Å². The van der Waals surface area contributed by atoms with Gasteiger partial charge in [0.2, 0.25) is 0 Å². The molecule has 0 aliphatic rings. The summed E-state index contributed by atoms with van der Waals surface area (Å²) < 4.78 is 2.62. The van der Waals surface area contributed by atoms with E-state index in [-0.39, 0.29) is 5.56 Å². The van der Waals surface area contributed by atoms with Crippen molar-refractivity contribution in [1.29, 1.82) is 0 Å². The van der Waals surface area contributed by atoms with Crippen molar-refractivity contribution in [3.63, 3.8) is 0 Å². The van der Waals surface area contributed by atoms with Crippen LogP contribution >= 0.6 is 34.7 Å². The Balaban J connectivity index is 1.53. The van der Waals surface area contributed by atoms with Gasteiger partial charge in [0.25, 0.3) is 5.56 Å². The Labute approximate surface area is 184 Å². The Bertz CT molecular complexity index is 1380. The van der Waals surface area contributed by atoms with Crippen molar-refractivity contribution in [3.05, 3.63) is 87.2 Å². The van der Waals surface area contributed by atoms with Crippen molar-refractivity contribution >= 4 is 44.9 Å². The lowest BCUT2D eigenvalue weighted by molar-refractivity contribution is 0.883. The van der Waals surface area contributed by atoms with Crippen LogP contribution in [0.5, 0.6) is 0 Å². The zero-order chi connectivity index (χ0) is 20.5. The summed E-state index contributed by atoms with van der Waals surface area (Å²) in [5, 5.41) is 12.1. The van der Waals surface area contributed by atoms with Crippen LogP contribution in [0.1, 0.15) is 5.82 Å². The van der Waals surface area contributed by atoms with E-state index in [1.54, 1.807) is 0 Å². The summed E-state index contributed by atoms with van der Waals surface area (Å²) in [6.07, 6.45) is 0. The Kier molecular flexibility index (Phi) is 5.12. The predicted molar refractivity (Wildman–Crippen MR) is 122 cm³/mol. The van der Waals surface area contributed by atoms with E-state index in [2.05, 4.69) is 20.2 Å². The van der Waals surface area contributed by atoms with Gasteiger partial charge in [-0.1, -0.05) is 53.7 Å². The van der Waals surface area contributed by atoms with Crippen molar-refractivity contribution in [2.75, 3.05) is 0 Å². The number of nitrogens with zero attached hydrogens (tertiary/aromatic N) is 4. The molecule has 30 heavy (non-hydrogen) atoms. The highest BCUT2D eigenvalue weighted by Crippen LogP contribution is 2.30. The van der Waals surface area contributed by atoms with Crippen LogP contribution in [-0.4, -0.2) is 24.7 Å². The van der Waals surface area contributed by atoms with Crippen molar-refractivity contribution in [3.8, 4) is 17.1 Å². The number of aromatic amines is 1. The van der Waals surface area contributed by atoms with Crippen LogP contribution in [0.4, 0.5) is 0 Å². The molecule has 9 heteroatoms. The van der Waals surface area contributed by atoms with Crippen LogP contribution in [0.15, 0.2) is 76.0 Å². The first-order chi connectivity index (χ1) is 14.7. The second kappa shape index (κ2) is 8.06. The number of nitrogens with one attached hydrogen (secondary N) is 1. The van der Waals surface area contributed by atoms with Crippen LogP contribution in [-0.2, 0) is 5.75 Å². The number of hydrogen-bond acceptors (Lipinski definition) is 6. The monoisotopic (exact) mass is 451 g/mol. The average molecular weight is 452 g/mol. The second-order valence-electron chi connectivity index (χ2n) is 6.42. The maximum Gasteiger partial charge on any atom is 0.268 e. The fourth-order valence-corrected chi connectivity index (χ4v) is 4.76. The summed E-state index contributed by atoms with van der Waals surface area (Å²) >= 11 is 8.93. The number of thioether (sulfide) groups is 1. The highest BCUT2D eigenvalue weighted by molar-refractivity contribution is 7.98. The summed E-state index contributed by atoms with van der Waals surface area (Å²) in [4.78, 5) is 19.7. The van der Waals surface area contributed by atoms with E-state index >= 15 is 0 Å². The van der Waals surface area contributed by atoms with Gasteiger partial charge >= 0.3 is 0 Å². The van der Waals surface area contributed by atoms with Gasteiger partial charge in [-0.25, -0.2) is 4.98 Å². The number of halogens is 1. The van der Waals surface area contributed by atoms with E-state index in [1.807, 2.05) is 70.6 Å². The summed E-state index contributed by atoms with van der Waals surface area (Å²) in [7, 11) is 0. The van der Waals surface area contributed by atoms with E-state index in [0.717, 1.165) is 17.1 Å². The lowest BCUT2D eigenvalue weighted by atomic mass is 10.2. The number of fused-ring (bicyclic) bond motifs is 1. The fraction of sp³-hybridized carbons (Fsp3) is 0.0476. The Morgan fingerprint density at radius 3 is 2.63 bits per heavy atom. The first kappa shape index (κ1) is 19.0. The molecule has 0 aliphatic carbocycles. The molecule has 3 aromatic heterocycles. The number of rotatable bonds is 5. The number of hydrogen-bond donors (Lipinski definition) is 1. The third-order valence-corrected chi connectivity index (χ3v) is 6.55. The first-order valence-corrected chi connectivity index (χ1v) is 11.3. The molecule has 5 aromatic rings. The second-order valence-corrected chi connectivity index (χ2v) is 8.72. The summed E-state index contributed by atoms with van der Waals surface area (Å²) in [6, 6.07) is 19.3. The Morgan fingerprint density at radius 1 is 1.03 bits per heavy atom. The minimum absolute atomic E-state index is 0.116. The molecule has 0 fully saturated rings. The Morgan fingerprint density at radius 2 is 1.83 bits per heavy atom. The molecule has 0 aliphatic heterocycles. The molecular formula is C21H14ClN5OS2. The smallest absolute Gasteiger partial charge is 0.268 e. The van der Waals surface area contributed by atoms with E-state index < -0.39 is 0 Å². The third-order valence-electron chi connectivity index (χ3n) is 4.45. The number of thiophene rings is 1. The summed E-state index contributed by atoms with van der Waals surface area (Å²) in [5.41, 5.74) is 2.46. The van der Waals surface area contributed by atoms with Gasteiger partial charge in [-0.15, -0.1) is 21.5 Å². The zero-order valence-corrected chi connectivity index (χ0v) is 17.8. The highest BCUT2D eigenvalue weighted by Gasteiger charge is 2.17. The fourth-order valence-electron chi connectivity index (χ4n) is 3.08. The lowest BCUT2D eigenvalue weighted by Gasteiger charge is -2.10.